The predicted molar refractivity (Wildman–Crippen MR) is 116 cm³/mol. The Morgan fingerprint density at radius 1 is 0.933 bits per heavy atom. The lowest BCUT2D eigenvalue weighted by Gasteiger charge is -2.00. The minimum atomic E-state index is 0.646. The Kier molecular flexibility index (Phi) is 3.68. The summed E-state index contributed by atoms with van der Waals surface area (Å²) in [6.07, 6.45) is 8.60. The first kappa shape index (κ1) is 16.9. The zero-order chi connectivity index (χ0) is 20.1. The Balaban J connectivity index is 1.52. The van der Waals surface area contributed by atoms with E-state index in [1.165, 1.54) is 11.2 Å². The molecule has 0 spiro atoms. The second-order valence-corrected chi connectivity index (χ2v) is 8.16. The molecule has 8 nitrogen and oxygen atoms in total. The highest BCUT2D eigenvalue weighted by Crippen LogP contribution is 2.34. The van der Waals surface area contributed by atoms with Crippen LogP contribution in [0.5, 0.6) is 0 Å². The summed E-state index contributed by atoms with van der Waals surface area (Å²) in [7, 11) is 0. The van der Waals surface area contributed by atoms with Crippen molar-refractivity contribution in [2.24, 2.45) is 0 Å². The van der Waals surface area contributed by atoms with Crippen LogP contribution in [0.1, 0.15) is 4.88 Å². The maximum absolute atomic E-state index is 4.85. The molecule has 0 aromatic carbocycles. The van der Waals surface area contributed by atoms with Crippen LogP contribution in [0, 0.1) is 6.92 Å². The molecule has 0 radical (unpaired) electrons. The van der Waals surface area contributed by atoms with Gasteiger partial charge in [0.05, 0.1) is 5.39 Å². The lowest BCUT2D eigenvalue weighted by atomic mass is 10.1. The zero-order valence-corrected chi connectivity index (χ0v) is 16.6. The molecule has 0 aliphatic rings. The van der Waals surface area contributed by atoms with E-state index in [-0.39, 0.29) is 0 Å². The summed E-state index contributed by atoms with van der Waals surface area (Å²) < 4.78 is 0. The van der Waals surface area contributed by atoms with Crippen LogP contribution in [0.25, 0.3) is 55.3 Å². The van der Waals surface area contributed by atoms with Crippen LogP contribution in [-0.2, 0) is 0 Å². The number of aromatic nitrogens is 8. The van der Waals surface area contributed by atoms with Crippen molar-refractivity contribution < 1.29 is 0 Å². The third-order valence-electron chi connectivity index (χ3n) is 4.93. The molecule has 2 N–H and O–H groups in total. The molecule has 0 amide bonds. The molecular weight excluding hydrogens is 396 g/mol. The average molecular weight is 410 g/mol. The third kappa shape index (κ3) is 2.67. The van der Waals surface area contributed by atoms with Crippen molar-refractivity contribution in [1.82, 2.24) is 40.1 Å². The van der Waals surface area contributed by atoms with E-state index in [1.54, 1.807) is 36.1 Å². The minimum Gasteiger partial charge on any atom is -0.321 e. The van der Waals surface area contributed by atoms with E-state index in [0.717, 1.165) is 38.1 Å². The van der Waals surface area contributed by atoms with Crippen molar-refractivity contribution >= 4 is 33.5 Å². The number of thiophene rings is 1. The molecule has 0 fully saturated rings. The molecule has 6 aromatic rings. The summed E-state index contributed by atoms with van der Waals surface area (Å²) in [4.78, 5) is 27.7. The van der Waals surface area contributed by atoms with Crippen LogP contribution >= 0.6 is 11.3 Å². The molecule has 0 saturated heterocycles. The first-order chi connectivity index (χ1) is 14.8. The highest BCUT2D eigenvalue weighted by atomic mass is 32.1. The van der Waals surface area contributed by atoms with Crippen LogP contribution < -0.4 is 0 Å². The maximum Gasteiger partial charge on any atom is 0.161 e. The van der Waals surface area contributed by atoms with E-state index in [2.05, 4.69) is 54.2 Å². The van der Waals surface area contributed by atoms with Gasteiger partial charge in [0.2, 0.25) is 0 Å². The van der Waals surface area contributed by atoms with Gasteiger partial charge >= 0.3 is 0 Å². The van der Waals surface area contributed by atoms with Crippen molar-refractivity contribution in [3.63, 3.8) is 0 Å². The van der Waals surface area contributed by atoms with E-state index >= 15 is 0 Å². The van der Waals surface area contributed by atoms with Gasteiger partial charge in [-0.05, 0) is 31.2 Å². The Morgan fingerprint density at radius 3 is 2.67 bits per heavy atom. The SMILES string of the molecule is Cc1ccc(-c2ccnc3[nH]c(-c4n[nH]c5ncc(-c6cncnc6)cc45)nc23)s1. The summed E-state index contributed by atoms with van der Waals surface area (Å²) in [5, 5.41) is 8.32. The average Bonchev–Trinajstić information content (AvgIpc) is 3.51. The van der Waals surface area contributed by atoms with Crippen LogP contribution in [-0.4, -0.2) is 40.1 Å². The van der Waals surface area contributed by atoms with Crippen LogP contribution in [0.3, 0.4) is 0 Å². The van der Waals surface area contributed by atoms with Crippen molar-refractivity contribution in [3.8, 4) is 33.1 Å². The molecule has 6 rings (SSSR count). The van der Waals surface area contributed by atoms with Crippen molar-refractivity contribution in [2.45, 2.75) is 6.92 Å². The van der Waals surface area contributed by atoms with Gasteiger partial charge in [-0.15, -0.1) is 11.3 Å². The van der Waals surface area contributed by atoms with Gasteiger partial charge in [0, 0.05) is 51.2 Å². The van der Waals surface area contributed by atoms with Gasteiger partial charge in [-0.25, -0.2) is 24.9 Å². The number of aromatic amines is 2. The van der Waals surface area contributed by atoms with Gasteiger partial charge < -0.3 is 4.98 Å². The number of hydrogen-bond donors (Lipinski definition) is 2. The van der Waals surface area contributed by atoms with Gasteiger partial charge in [-0.1, -0.05) is 0 Å². The Hall–Kier alpha value is -3.98. The molecule has 0 aliphatic heterocycles. The molecule has 0 saturated carbocycles. The number of rotatable bonds is 3. The molecule has 0 aliphatic carbocycles. The van der Waals surface area contributed by atoms with E-state index in [9.17, 15) is 0 Å². The van der Waals surface area contributed by atoms with Crippen LogP contribution in [0.4, 0.5) is 0 Å². The Morgan fingerprint density at radius 2 is 1.83 bits per heavy atom. The fraction of sp³-hybridized carbons (Fsp3) is 0.0476. The molecule has 0 atom stereocenters. The van der Waals surface area contributed by atoms with E-state index in [4.69, 9.17) is 4.98 Å². The minimum absolute atomic E-state index is 0.646. The van der Waals surface area contributed by atoms with Crippen molar-refractivity contribution in [3.05, 3.63) is 60.3 Å². The highest BCUT2D eigenvalue weighted by molar-refractivity contribution is 7.15. The predicted octanol–water partition coefficient (Wildman–Crippen LogP) is 4.39. The highest BCUT2D eigenvalue weighted by Gasteiger charge is 2.17. The topological polar surface area (TPSA) is 109 Å². The second kappa shape index (κ2) is 6.53. The van der Waals surface area contributed by atoms with Gasteiger partial charge in [0.15, 0.2) is 17.1 Å². The summed E-state index contributed by atoms with van der Waals surface area (Å²) in [6, 6.07) is 8.24. The Labute approximate surface area is 174 Å². The van der Waals surface area contributed by atoms with Gasteiger partial charge in [-0.2, -0.15) is 5.10 Å². The first-order valence-corrected chi connectivity index (χ1v) is 10.1. The molecule has 9 heteroatoms. The monoisotopic (exact) mass is 410 g/mol. The molecule has 6 aromatic heterocycles. The first-order valence-electron chi connectivity index (χ1n) is 9.28. The van der Waals surface area contributed by atoms with Crippen molar-refractivity contribution in [1.29, 1.82) is 0 Å². The molecule has 6 heterocycles. The number of nitrogens with zero attached hydrogens (tertiary/aromatic N) is 6. The van der Waals surface area contributed by atoms with Gasteiger partial charge in [-0.3, -0.25) is 5.10 Å². The molecular formula is C21H14N8S. The maximum atomic E-state index is 4.85. The van der Waals surface area contributed by atoms with E-state index in [1.807, 2.05) is 12.1 Å². The summed E-state index contributed by atoms with van der Waals surface area (Å²) in [6.45, 7) is 2.10. The lowest BCUT2D eigenvalue weighted by molar-refractivity contribution is 1.09. The number of imidazole rings is 1. The van der Waals surface area contributed by atoms with Crippen molar-refractivity contribution in [2.75, 3.05) is 0 Å². The molecule has 0 unspecified atom stereocenters. The quantitative estimate of drug-likeness (QED) is 0.448. The summed E-state index contributed by atoms with van der Waals surface area (Å²) >= 11 is 1.74. The summed E-state index contributed by atoms with van der Waals surface area (Å²) in [5.41, 5.74) is 5.79. The largest absolute Gasteiger partial charge is 0.321 e. The molecule has 30 heavy (non-hydrogen) atoms. The number of nitrogens with one attached hydrogen (secondary N) is 2. The fourth-order valence-electron chi connectivity index (χ4n) is 3.49. The second-order valence-electron chi connectivity index (χ2n) is 6.87. The van der Waals surface area contributed by atoms with E-state index in [0.29, 0.717) is 17.2 Å². The van der Waals surface area contributed by atoms with Gasteiger partial charge in [0.25, 0.3) is 0 Å². The zero-order valence-electron chi connectivity index (χ0n) is 15.8. The normalized spacial score (nSPS) is 11.5. The number of hydrogen-bond acceptors (Lipinski definition) is 7. The number of H-pyrrole nitrogens is 2. The Bertz CT molecular complexity index is 1510. The lowest BCUT2D eigenvalue weighted by Crippen LogP contribution is -1.85. The van der Waals surface area contributed by atoms with Crippen LogP contribution in [0.15, 0.2) is 55.4 Å². The summed E-state index contributed by atoms with van der Waals surface area (Å²) in [5.74, 6) is 0.646. The smallest absolute Gasteiger partial charge is 0.161 e. The van der Waals surface area contributed by atoms with Crippen LogP contribution in [0.2, 0.25) is 0 Å². The van der Waals surface area contributed by atoms with E-state index < -0.39 is 0 Å². The molecule has 144 valence electrons. The fourth-order valence-corrected chi connectivity index (χ4v) is 4.38. The number of fused-ring (bicyclic) bond motifs is 2. The standard InChI is InChI=1S/C21H14N8S/c1-11-2-3-16(30-11)14-4-5-24-20-17(14)26-21(27-20)18-15-6-12(9-25-19(15)29-28-18)13-7-22-10-23-8-13/h2-10H,1H3,(H,24,26,27)(H,25,28,29). The molecule has 0 bridgehead atoms. The number of pyridine rings is 2. The third-order valence-corrected chi connectivity index (χ3v) is 5.96. The number of aryl methyl sites for hydroxylation is 1. The van der Waals surface area contributed by atoms with Gasteiger partial charge in [0.1, 0.15) is 17.5 Å².